The number of halogens is 1. The van der Waals surface area contributed by atoms with Crippen LogP contribution in [-0.2, 0) is 4.74 Å². The monoisotopic (exact) mass is 150 g/mol. The maximum atomic E-state index is 8.30. The third-order valence-corrected chi connectivity index (χ3v) is 0.815. The average molecular weight is 151 g/mol. The molecule has 0 aliphatic carbocycles. The highest BCUT2D eigenvalue weighted by atomic mass is 35.5. The summed E-state index contributed by atoms with van der Waals surface area (Å²) in [6.07, 6.45) is 0.657. The number of hydrogen-bond donors (Lipinski definition) is 1. The van der Waals surface area contributed by atoms with Crippen LogP contribution in [0.2, 0.25) is 0 Å². The Kier molecular flexibility index (Phi) is 6.04. The van der Waals surface area contributed by atoms with Crippen molar-refractivity contribution in [1.29, 1.82) is 0 Å². The summed E-state index contributed by atoms with van der Waals surface area (Å²) in [5.41, 5.74) is 0. The summed E-state index contributed by atoms with van der Waals surface area (Å²) in [4.78, 5) is 0. The van der Waals surface area contributed by atoms with E-state index in [0.717, 1.165) is 0 Å². The van der Waals surface area contributed by atoms with E-state index >= 15 is 0 Å². The van der Waals surface area contributed by atoms with E-state index in [1.807, 2.05) is 0 Å². The second kappa shape index (κ2) is 6.08. The quantitative estimate of drug-likeness (QED) is 0.596. The lowest BCUT2D eigenvalue weighted by Gasteiger charge is -1.98. The van der Waals surface area contributed by atoms with Crippen LogP contribution in [0.4, 0.5) is 0 Å². The fourth-order valence-corrected chi connectivity index (χ4v) is 0.427. The van der Waals surface area contributed by atoms with E-state index in [-0.39, 0.29) is 6.61 Å². The van der Waals surface area contributed by atoms with Crippen LogP contribution in [0.25, 0.3) is 0 Å². The van der Waals surface area contributed by atoms with Gasteiger partial charge >= 0.3 is 0 Å². The van der Waals surface area contributed by atoms with Crippen LogP contribution < -0.4 is 0 Å². The van der Waals surface area contributed by atoms with Crippen molar-refractivity contribution in [3.63, 3.8) is 0 Å². The van der Waals surface area contributed by atoms with Gasteiger partial charge < -0.3 is 9.84 Å². The SMILES string of the molecule is C=C(Cl)COCCCO. The highest BCUT2D eigenvalue weighted by Crippen LogP contribution is 1.96. The fourth-order valence-electron chi connectivity index (χ4n) is 0.350. The summed E-state index contributed by atoms with van der Waals surface area (Å²) in [5, 5.41) is 8.79. The van der Waals surface area contributed by atoms with E-state index in [0.29, 0.717) is 24.7 Å². The Hall–Kier alpha value is -0.0500. The summed E-state index contributed by atoms with van der Waals surface area (Å²) in [6.45, 7) is 4.51. The van der Waals surface area contributed by atoms with Crippen LogP contribution in [0.15, 0.2) is 11.6 Å². The maximum Gasteiger partial charge on any atom is 0.0817 e. The van der Waals surface area contributed by atoms with Crippen molar-refractivity contribution in [3.8, 4) is 0 Å². The van der Waals surface area contributed by atoms with Gasteiger partial charge in [-0.25, -0.2) is 0 Å². The van der Waals surface area contributed by atoms with Crippen molar-refractivity contribution >= 4 is 11.6 Å². The minimum absolute atomic E-state index is 0.161. The van der Waals surface area contributed by atoms with Gasteiger partial charge in [0.25, 0.3) is 0 Å². The predicted octanol–water partition coefficient (Wildman–Crippen LogP) is 1.14. The lowest BCUT2D eigenvalue weighted by atomic mass is 10.5. The second-order valence-corrected chi connectivity index (χ2v) is 2.18. The third-order valence-electron chi connectivity index (χ3n) is 0.705. The maximum absolute atomic E-state index is 8.30. The largest absolute Gasteiger partial charge is 0.396 e. The molecule has 0 aliphatic heterocycles. The van der Waals surface area contributed by atoms with E-state index in [4.69, 9.17) is 21.4 Å². The molecule has 0 atom stereocenters. The van der Waals surface area contributed by atoms with Gasteiger partial charge in [0.1, 0.15) is 0 Å². The van der Waals surface area contributed by atoms with Crippen LogP contribution in [0.1, 0.15) is 6.42 Å². The van der Waals surface area contributed by atoms with Crippen LogP contribution >= 0.6 is 11.6 Å². The van der Waals surface area contributed by atoms with E-state index in [9.17, 15) is 0 Å². The first-order chi connectivity index (χ1) is 4.27. The topological polar surface area (TPSA) is 29.5 Å². The minimum atomic E-state index is 0.161. The zero-order chi connectivity index (χ0) is 7.11. The Bertz CT molecular complexity index is 83.1. The van der Waals surface area contributed by atoms with Crippen LogP contribution in [0.3, 0.4) is 0 Å². The van der Waals surface area contributed by atoms with Crippen molar-refractivity contribution in [1.82, 2.24) is 0 Å². The number of rotatable bonds is 5. The molecule has 0 amide bonds. The van der Waals surface area contributed by atoms with Crippen molar-refractivity contribution in [2.45, 2.75) is 6.42 Å². The van der Waals surface area contributed by atoms with Crippen LogP contribution in [-0.4, -0.2) is 24.9 Å². The molecule has 0 aliphatic rings. The van der Waals surface area contributed by atoms with Gasteiger partial charge in [-0.15, -0.1) is 0 Å². The zero-order valence-electron chi connectivity index (χ0n) is 5.27. The van der Waals surface area contributed by atoms with Gasteiger partial charge in [0.2, 0.25) is 0 Å². The molecular formula is C6H11ClO2. The number of hydrogen-bond acceptors (Lipinski definition) is 2. The molecule has 0 saturated heterocycles. The van der Waals surface area contributed by atoms with Crippen molar-refractivity contribution < 1.29 is 9.84 Å². The van der Waals surface area contributed by atoms with E-state index in [2.05, 4.69) is 6.58 Å². The highest BCUT2D eigenvalue weighted by Gasteiger charge is 1.87. The second-order valence-electron chi connectivity index (χ2n) is 1.65. The van der Waals surface area contributed by atoms with E-state index < -0.39 is 0 Å². The summed E-state index contributed by atoms with van der Waals surface area (Å²) in [7, 11) is 0. The molecule has 0 rings (SSSR count). The normalized spacial score (nSPS) is 9.56. The molecule has 54 valence electrons. The summed E-state index contributed by atoms with van der Waals surface area (Å²) in [5.74, 6) is 0. The van der Waals surface area contributed by atoms with Crippen molar-refractivity contribution in [2.75, 3.05) is 19.8 Å². The van der Waals surface area contributed by atoms with Gasteiger partial charge in [-0.05, 0) is 6.42 Å². The number of aliphatic hydroxyl groups excluding tert-OH is 1. The zero-order valence-corrected chi connectivity index (χ0v) is 6.02. The van der Waals surface area contributed by atoms with E-state index in [1.54, 1.807) is 0 Å². The summed E-state index contributed by atoms with van der Waals surface area (Å²) < 4.78 is 4.94. The molecule has 0 heterocycles. The molecule has 0 spiro atoms. The first-order valence-electron chi connectivity index (χ1n) is 2.79. The van der Waals surface area contributed by atoms with Crippen LogP contribution in [0, 0.1) is 0 Å². The van der Waals surface area contributed by atoms with Crippen molar-refractivity contribution in [3.05, 3.63) is 11.6 Å². The van der Waals surface area contributed by atoms with Gasteiger partial charge in [-0.3, -0.25) is 0 Å². The molecule has 0 radical (unpaired) electrons. The molecule has 0 unspecified atom stereocenters. The molecule has 0 saturated carbocycles. The lowest BCUT2D eigenvalue weighted by Crippen LogP contribution is -1.98. The van der Waals surface area contributed by atoms with Crippen LogP contribution in [0.5, 0.6) is 0 Å². The number of ether oxygens (including phenoxy) is 1. The molecule has 3 heteroatoms. The Balaban J connectivity index is 2.83. The van der Waals surface area contributed by atoms with Crippen molar-refractivity contribution in [2.24, 2.45) is 0 Å². The van der Waals surface area contributed by atoms with Gasteiger partial charge in [-0.1, -0.05) is 18.2 Å². The molecule has 0 aromatic rings. The number of aliphatic hydroxyl groups is 1. The predicted molar refractivity (Wildman–Crippen MR) is 37.5 cm³/mol. The molecule has 2 nitrogen and oxygen atoms in total. The first-order valence-corrected chi connectivity index (χ1v) is 3.17. The van der Waals surface area contributed by atoms with Gasteiger partial charge in [0, 0.05) is 18.2 Å². The third kappa shape index (κ3) is 7.95. The molecule has 1 N–H and O–H groups in total. The Morgan fingerprint density at radius 2 is 2.33 bits per heavy atom. The molecule has 0 fully saturated rings. The lowest BCUT2D eigenvalue weighted by molar-refractivity contribution is 0.137. The Labute approximate surface area is 60.1 Å². The Morgan fingerprint density at radius 1 is 1.67 bits per heavy atom. The van der Waals surface area contributed by atoms with E-state index in [1.165, 1.54) is 0 Å². The Morgan fingerprint density at radius 3 is 2.78 bits per heavy atom. The smallest absolute Gasteiger partial charge is 0.0817 e. The standard InChI is InChI=1S/C6H11ClO2/c1-6(7)5-9-4-2-3-8/h8H,1-5H2. The first kappa shape index (κ1) is 8.95. The fraction of sp³-hybridized carbons (Fsp3) is 0.667. The molecular weight excluding hydrogens is 140 g/mol. The summed E-state index contributed by atoms with van der Waals surface area (Å²) >= 11 is 5.37. The molecule has 0 aromatic carbocycles. The average Bonchev–Trinajstić information content (AvgIpc) is 1.80. The van der Waals surface area contributed by atoms with Gasteiger partial charge in [0.15, 0.2) is 0 Å². The highest BCUT2D eigenvalue weighted by molar-refractivity contribution is 6.29. The summed E-state index contributed by atoms with van der Waals surface area (Å²) in [6, 6.07) is 0. The van der Waals surface area contributed by atoms with Gasteiger partial charge in [0.05, 0.1) is 6.61 Å². The molecule has 9 heavy (non-hydrogen) atoms. The minimum Gasteiger partial charge on any atom is -0.396 e. The molecule has 0 bridgehead atoms. The van der Waals surface area contributed by atoms with Gasteiger partial charge in [-0.2, -0.15) is 0 Å². The molecule has 0 aromatic heterocycles.